The topological polar surface area (TPSA) is 55.0 Å². The molecule has 4 aromatic rings. The van der Waals surface area contributed by atoms with E-state index in [0.29, 0.717) is 21.1 Å². The summed E-state index contributed by atoms with van der Waals surface area (Å²) in [7, 11) is 1.62. The van der Waals surface area contributed by atoms with Gasteiger partial charge in [0.15, 0.2) is 5.82 Å². The van der Waals surface area contributed by atoms with Gasteiger partial charge in [0.1, 0.15) is 10.6 Å². The van der Waals surface area contributed by atoms with Crippen molar-refractivity contribution in [3.63, 3.8) is 0 Å². The van der Waals surface area contributed by atoms with Gasteiger partial charge < -0.3 is 9.72 Å². The van der Waals surface area contributed by atoms with Crippen LogP contribution in [-0.2, 0) is 0 Å². The van der Waals surface area contributed by atoms with E-state index < -0.39 is 0 Å². The number of aromatic nitrogens is 2. The minimum absolute atomic E-state index is 0.184. The molecule has 7 heteroatoms. The number of ether oxygens (including phenoxy) is 1. The van der Waals surface area contributed by atoms with Crippen LogP contribution < -0.4 is 10.3 Å². The van der Waals surface area contributed by atoms with Gasteiger partial charge in [-0.3, -0.25) is 4.79 Å². The van der Waals surface area contributed by atoms with Crippen molar-refractivity contribution in [3.8, 4) is 16.2 Å². The Labute approximate surface area is 162 Å². The van der Waals surface area contributed by atoms with Crippen LogP contribution >= 0.6 is 34.3 Å². The Kier molecular flexibility index (Phi) is 4.63. The number of nitrogens with zero attached hydrogens (tertiary/aromatic N) is 1. The second-order valence-electron chi connectivity index (χ2n) is 5.49. The number of benzene rings is 1. The van der Waals surface area contributed by atoms with Crippen LogP contribution in [0.4, 0.5) is 0 Å². The highest BCUT2D eigenvalue weighted by Gasteiger charge is 2.14. The normalized spacial score (nSPS) is 11.8. The largest absolute Gasteiger partial charge is 0.497 e. The fourth-order valence-corrected chi connectivity index (χ4v) is 4.57. The molecule has 0 spiro atoms. The maximum absolute atomic E-state index is 12.6. The molecule has 0 saturated carbocycles. The van der Waals surface area contributed by atoms with Gasteiger partial charge in [-0.25, -0.2) is 4.98 Å². The zero-order chi connectivity index (χ0) is 18.1. The summed E-state index contributed by atoms with van der Waals surface area (Å²) in [6.45, 7) is 0. The molecule has 0 aliphatic heterocycles. The average Bonchev–Trinajstić information content (AvgIpc) is 3.31. The van der Waals surface area contributed by atoms with Crippen molar-refractivity contribution >= 4 is 55.6 Å². The van der Waals surface area contributed by atoms with Crippen LogP contribution in [-0.4, -0.2) is 17.1 Å². The number of halogens is 1. The van der Waals surface area contributed by atoms with E-state index in [2.05, 4.69) is 9.97 Å². The Balaban J connectivity index is 1.75. The third-order valence-corrected chi connectivity index (χ3v) is 5.93. The van der Waals surface area contributed by atoms with Crippen molar-refractivity contribution < 1.29 is 4.74 Å². The van der Waals surface area contributed by atoms with Crippen LogP contribution in [0.15, 0.2) is 52.0 Å². The van der Waals surface area contributed by atoms with Crippen LogP contribution in [0.3, 0.4) is 0 Å². The highest BCUT2D eigenvalue weighted by Crippen LogP contribution is 2.34. The fraction of sp³-hybridized carbons (Fsp3) is 0.0526. The van der Waals surface area contributed by atoms with Crippen molar-refractivity contribution in [1.82, 2.24) is 9.97 Å². The Morgan fingerprint density at radius 2 is 2.04 bits per heavy atom. The van der Waals surface area contributed by atoms with E-state index >= 15 is 0 Å². The summed E-state index contributed by atoms with van der Waals surface area (Å²) < 4.78 is 5.14. The molecule has 0 radical (unpaired) electrons. The second kappa shape index (κ2) is 7.07. The third-order valence-electron chi connectivity index (χ3n) is 3.87. The summed E-state index contributed by atoms with van der Waals surface area (Å²) in [4.78, 5) is 21.7. The summed E-state index contributed by atoms with van der Waals surface area (Å²) >= 11 is 9.44. The molecule has 0 saturated heterocycles. The molecule has 0 atom stereocenters. The van der Waals surface area contributed by atoms with Gasteiger partial charge in [-0.15, -0.1) is 22.7 Å². The molecule has 4 nitrogen and oxygen atoms in total. The molecular formula is C19H13ClN2O2S2. The minimum Gasteiger partial charge on any atom is -0.497 e. The van der Waals surface area contributed by atoms with Crippen LogP contribution in [0.25, 0.3) is 31.8 Å². The first-order valence-electron chi connectivity index (χ1n) is 7.73. The standard InChI is InChI=1S/C19H13ClN2O2S2/c1-24-12-6-4-11(5-7-12)9-14(20)17-21-18(23)16-13(10-26-19(16)22-17)15-3-2-8-25-15/h2-10H,1H3,(H,21,22,23)/b14-9-. The number of rotatable bonds is 4. The quantitative estimate of drug-likeness (QED) is 0.495. The molecule has 4 rings (SSSR count). The number of hydrogen-bond donors (Lipinski definition) is 1. The van der Waals surface area contributed by atoms with Gasteiger partial charge in [0, 0.05) is 15.8 Å². The van der Waals surface area contributed by atoms with Gasteiger partial charge in [-0.2, -0.15) is 0 Å². The van der Waals surface area contributed by atoms with Crippen molar-refractivity contribution in [3.05, 3.63) is 68.9 Å². The maximum atomic E-state index is 12.6. The predicted octanol–water partition coefficient (Wildman–Crippen LogP) is 5.46. The number of hydrogen-bond acceptors (Lipinski definition) is 5. The molecule has 1 aromatic carbocycles. The first-order chi connectivity index (χ1) is 12.7. The third kappa shape index (κ3) is 3.19. The first kappa shape index (κ1) is 17.0. The molecule has 3 heterocycles. The molecule has 0 unspecified atom stereocenters. The van der Waals surface area contributed by atoms with Crippen LogP contribution in [0.2, 0.25) is 0 Å². The zero-order valence-electron chi connectivity index (χ0n) is 13.7. The number of thiophene rings is 2. The van der Waals surface area contributed by atoms with E-state index in [0.717, 1.165) is 21.8 Å². The molecule has 3 aromatic heterocycles. The molecule has 0 amide bonds. The van der Waals surface area contributed by atoms with Gasteiger partial charge in [-0.05, 0) is 35.2 Å². The van der Waals surface area contributed by atoms with E-state index in [1.165, 1.54) is 11.3 Å². The van der Waals surface area contributed by atoms with Crippen LogP contribution in [0.1, 0.15) is 11.4 Å². The highest BCUT2D eigenvalue weighted by atomic mass is 35.5. The van der Waals surface area contributed by atoms with E-state index in [9.17, 15) is 4.79 Å². The summed E-state index contributed by atoms with van der Waals surface area (Å²) in [5.41, 5.74) is 1.62. The summed E-state index contributed by atoms with van der Waals surface area (Å²) in [5, 5.41) is 4.93. The Hall–Kier alpha value is -2.41. The van der Waals surface area contributed by atoms with Crippen molar-refractivity contribution in [1.29, 1.82) is 0 Å². The highest BCUT2D eigenvalue weighted by molar-refractivity contribution is 7.18. The number of nitrogens with one attached hydrogen (secondary N) is 1. The van der Waals surface area contributed by atoms with Gasteiger partial charge in [0.25, 0.3) is 5.56 Å². The summed E-state index contributed by atoms with van der Waals surface area (Å²) in [6, 6.07) is 11.4. The molecule has 0 aliphatic rings. The van der Waals surface area contributed by atoms with Crippen molar-refractivity contribution in [2.24, 2.45) is 0 Å². The van der Waals surface area contributed by atoms with Crippen molar-refractivity contribution in [2.75, 3.05) is 7.11 Å². The fourth-order valence-electron chi connectivity index (χ4n) is 2.59. The minimum atomic E-state index is -0.184. The number of H-pyrrole nitrogens is 1. The lowest BCUT2D eigenvalue weighted by atomic mass is 10.2. The average molecular weight is 401 g/mol. The Bertz CT molecular complexity index is 1140. The molecular weight excluding hydrogens is 388 g/mol. The number of fused-ring (bicyclic) bond motifs is 1. The molecule has 0 bridgehead atoms. The summed E-state index contributed by atoms with van der Waals surface area (Å²) in [6.07, 6.45) is 1.76. The second-order valence-corrected chi connectivity index (χ2v) is 7.70. The Morgan fingerprint density at radius 1 is 1.23 bits per heavy atom. The Morgan fingerprint density at radius 3 is 2.73 bits per heavy atom. The van der Waals surface area contributed by atoms with E-state index in [4.69, 9.17) is 16.3 Å². The number of methoxy groups -OCH3 is 1. The molecule has 130 valence electrons. The predicted molar refractivity (Wildman–Crippen MR) is 110 cm³/mol. The van der Waals surface area contributed by atoms with E-state index in [1.54, 1.807) is 24.5 Å². The van der Waals surface area contributed by atoms with Gasteiger partial charge in [-0.1, -0.05) is 29.8 Å². The molecule has 26 heavy (non-hydrogen) atoms. The lowest BCUT2D eigenvalue weighted by Crippen LogP contribution is -2.10. The van der Waals surface area contributed by atoms with Crippen LogP contribution in [0, 0.1) is 0 Å². The van der Waals surface area contributed by atoms with Gasteiger partial charge >= 0.3 is 0 Å². The van der Waals surface area contributed by atoms with E-state index in [-0.39, 0.29) is 5.56 Å². The summed E-state index contributed by atoms with van der Waals surface area (Å²) in [5.74, 6) is 1.13. The maximum Gasteiger partial charge on any atom is 0.260 e. The van der Waals surface area contributed by atoms with Crippen LogP contribution in [0.5, 0.6) is 5.75 Å². The van der Waals surface area contributed by atoms with E-state index in [1.807, 2.05) is 47.2 Å². The lowest BCUT2D eigenvalue weighted by Gasteiger charge is -2.02. The smallest absolute Gasteiger partial charge is 0.260 e. The zero-order valence-corrected chi connectivity index (χ0v) is 16.0. The van der Waals surface area contributed by atoms with Gasteiger partial charge in [0.05, 0.1) is 17.5 Å². The number of aromatic amines is 1. The first-order valence-corrected chi connectivity index (χ1v) is 9.86. The van der Waals surface area contributed by atoms with Gasteiger partial charge in [0.2, 0.25) is 0 Å². The van der Waals surface area contributed by atoms with Crippen molar-refractivity contribution in [2.45, 2.75) is 0 Å². The molecule has 1 N–H and O–H groups in total. The molecule has 0 aliphatic carbocycles. The SMILES string of the molecule is COc1ccc(/C=C(\Cl)c2nc3scc(-c4cccs4)c3c(=O)[nH]2)cc1. The monoisotopic (exact) mass is 400 g/mol. The molecule has 0 fully saturated rings. The lowest BCUT2D eigenvalue weighted by molar-refractivity contribution is 0.415.